The van der Waals surface area contributed by atoms with Gasteiger partial charge < -0.3 is 14.0 Å². The molecule has 1 heterocycles. The van der Waals surface area contributed by atoms with Gasteiger partial charge in [-0.2, -0.15) is 0 Å². The van der Waals surface area contributed by atoms with E-state index >= 15 is 0 Å². The zero-order valence-electron chi connectivity index (χ0n) is 15.1. The summed E-state index contributed by atoms with van der Waals surface area (Å²) in [6.45, 7) is 7.56. The minimum atomic E-state index is -0.792. The Balaban J connectivity index is 1.73. The fourth-order valence-corrected chi connectivity index (χ4v) is 2.77. The van der Waals surface area contributed by atoms with Crippen molar-refractivity contribution in [3.05, 3.63) is 58.6 Å². The second kappa shape index (κ2) is 6.84. The molecule has 3 rings (SSSR count). The average Bonchev–Trinajstić information content (AvgIpc) is 2.76. The fourth-order valence-electron chi connectivity index (χ4n) is 2.57. The molecule has 0 N–H and O–H groups in total. The van der Waals surface area contributed by atoms with Crippen LogP contribution in [0.3, 0.4) is 0 Å². The Kier molecular flexibility index (Phi) is 5.03. The third-order valence-corrected chi connectivity index (χ3v) is 5.12. The van der Waals surface area contributed by atoms with Gasteiger partial charge >= 0.3 is 7.12 Å². The summed E-state index contributed by atoms with van der Waals surface area (Å²) in [5.74, 6) is -0.654. The van der Waals surface area contributed by atoms with Gasteiger partial charge in [0.1, 0.15) is 24.0 Å². The van der Waals surface area contributed by atoms with E-state index in [1.165, 1.54) is 24.3 Å². The van der Waals surface area contributed by atoms with E-state index < -0.39 is 30.0 Å². The normalized spacial score (nSPS) is 18.2. The van der Waals surface area contributed by atoms with Crippen LogP contribution < -0.4 is 10.2 Å². The molecule has 0 spiro atoms. The molecule has 1 aliphatic heterocycles. The standard InChI is InChI=1S/C19H20BClF2O3/c1-18(2)19(3,4)26-20(25-18)15-7-6-14(10-17(15)23)24-11-12-9-13(21)5-8-16(12)22/h5-10H,11H2,1-4H3. The predicted molar refractivity (Wildman–Crippen MR) is 97.9 cm³/mol. The number of halogens is 3. The first-order valence-corrected chi connectivity index (χ1v) is 8.69. The highest BCUT2D eigenvalue weighted by atomic mass is 35.5. The minimum Gasteiger partial charge on any atom is -0.489 e. The molecular weight excluding hydrogens is 360 g/mol. The van der Waals surface area contributed by atoms with E-state index in [0.29, 0.717) is 16.0 Å². The molecule has 0 bridgehead atoms. The Bertz CT molecular complexity index is 810. The van der Waals surface area contributed by atoms with Gasteiger partial charge in [0, 0.05) is 22.1 Å². The maximum atomic E-state index is 14.5. The lowest BCUT2D eigenvalue weighted by Crippen LogP contribution is -2.41. The number of ether oxygens (including phenoxy) is 1. The van der Waals surface area contributed by atoms with Crippen LogP contribution in [0, 0.1) is 11.6 Å². The molecule has 138 valence electrons. The van der Waals surface area contributed by atoms with Gasteiger partial charge in [0.15, 0.2) is 0 Å². The largest absolute Gasteiger partial charge is 0.497 e. The summed E-state index contributed by atoms with van der Waals surface area (Å²) in [5.41, 5.74) is -0.509. The van der Waals surface area contributed by atoms with E-state index in [4.69, 9.17) is 25.6 Å². The fraction of sp³-hybridized carbons (Fsp3) is 0.368. The minimum absolute atomic E-state index is 0.0539. The van der Waals surface area contributed by atoms with Crippen LogP contribution in [0.2, 0.25) is 5.02 Å². The molecule has 0 aromatic heterocycles. The average molecular weight is 381 g/mol. The maximum absolute atomic E-state index is 14.5. The van der Waals surface area contributed by atoms with Gasteiger partial charge in [0.05, 0.1) is 11.2 Å². The van der Waals surface area contributed by atoms with E-state index in [9.17, 15) is 8.78 Å². The molecule has 1 fully saturated rings. The molecular formula is C19H20BClF2O3. The van der Waals surface area contributed by atoms with Crippen molar-refractivity contribution in [1.29, 1.82) is 0 Å². The van der Waals surface area contributed by atoms with Crippen LogP contribution in [0.15, 0.2) is 36.4 Å². The van der Waals surface area contributed by atoms with Crippen LogP contribution >= 0.6 is 11.6 Å². The van der Waals surface area contributed by atoms with Crippen molar-refractivity contribution in [2.24, 2.45) is 0 Å². The Morgan fingerprint density at radius 1 is 0.962 bits per heavy atom. The SMILES string of the molecule is CC1(C)OB(c2ccc(OCc3cc(Cl)ccc3F)cc2F)OC1(C)C. The van der Waals surface area contributed by atoms with Crippen molar-refractivity contribution in [3.63, 3.8) is 0 Å². The van der Waals surface area contributed by atoms with E-state index in [2.05, 4.69) is 0 Å². The van der Waals surface area contributed by atoms with Crippen molar-refractivity contribution in [1.82, 2.24) is 0 Å². The van der Waals surface area contributed by atoms with Crippen molar-refractivity contribution >= 4 is 24.2 Å². The summed E-state index contributed by atoms with van der Waals surface area (Å²) in [6, 6.07) is 8.60. The van der Waals surface area contributed by atoms with Crippen molar-refractivity contribution in [2.75, 3.05) is 0 Å². The lowest BCUT2D eigenvalue weighted by atomic mass is 9.78. The highest BCUT2D eigenvalue weighted by Crippen LogP contribution is 2.36. The zero-order valence-corrected chi connectivity index (χ0v) is 15.9. The van der Waals surface area contributed by atoms with Crippen molar-refractivity contribution in [2.45, 2.75) is 45.5 Å². The van der Waals surface area contributed by atoms with Crippen molar-refractivity contribution in [3.8, 4) is 5.75 Å². The van der Waals surface area contributed by atoms with Crippen molar-refractivity contribution < 1.29 is 22.8 Å². The monoisotopic (exact) mass is 380 g/mol. The zero-order chi connectivity index (χ0) is 19.1. The summed E-state index contributed by atoms with van der Waals surface area (Å²) >= 11 is 5.85. The molecule has 2 aromatic carbocycles. The Morgan fingerprint density at radius 3 is 2.23 bits per heavy atom. The lowest BCUT2D eigenvalue weighted by Gasteiger charge is -2.32. The van der Waals surface area contributed by atoms with Crippen LogP contribution in [0.1, 0.15) is 33.3 Å². The summed E-state index contributed by atoms with van der Waals surface area (Å²) in [4.78, 5) is 0. The van der Waals surface area contributed by atoms with E-state index in [0.717, 1.165) is 0 Å². The van der Waals surface area contributed by atoms with Gasteiger partial charge in [-0.3, -0.25) is 0 Å². The highest BCUT2D eigenvalue weighted by molar-refractivity contribution is 6.62. The first-order chi connectivity index (χ1) is 12.1. The summed E-state index contributed by atoms with van der Waals surface area (Å²) in [7, 11) is -0.792. The van der Waals surface area contributed by atoms with Crippen LogP contribution in [0.5, 0.6) is 5.75 Å². The van der Waals surface area contributed by atoms with Crippen LogP contribution in [-0.4, -0.2) is 18.3 Å². The molecule has 0 atom stereocenters. The molecule has 0 saturated carbocycles. The topological polar surface area (TPSA) is 27.7 Å². The number of hydrogen-bond acceptors (Lipinski definition) is 3. The molecule has 0 aliphatic carbocycles. The van der Waals surface area contributed by atoms with Gasteiger partial charge in [-0.1, -0.05) is 17.7 Å². The quantitative estimate of drug-likeness (QED) is 0.731. The first kappa shape index (κ1) is 19.1. The van der Waals surface area contributed by atoms with Gasteiger partial charge in [-0.25, -0.2) is 8.78 Å². The van der Waals surface area contributed by atoms with Gasteiger partial charge in [-0.05, 0) is 52.0 Å². The third-order valence-electron chi connectivity index (χ3n) is 4.88. The van der Waals surface area contributed by atoms with Gasteiger partial charge in [-0.15, -0.1) is 0 Å². The molecule has 1 saturated heterocycles. The first-order valence-electron chi connectivity index (χ1n) is 8.31. The highest BCUT2D eigenvalue weighted by Gasteiger charge is 2.52. The molecule has 2 aromatic rings. The van der Waals surface area contributed by atoms with Crippen LogP contribution in [-0.2, 0) is 15.9 Å². The molecule has 26 heavy (non-hydrogen) atoms. The predicted octanol–water partition coefficient (Wildman–Crippen LogP) is 4.50. The molecule has 0 unspecified atom stereocenters. The van der Waals surface area contributed by atoms with E-state index in [1.807, 2.05) is 27.7 Å². The molecule has 3 nitrogen and oxygen atoms in total. The molecule has 0 radical (unpaired) electrons. The Labute approximate surface area is 157 Å². The van der Waals surface area contributed by atoms with Crippen LogP contribution in [0.4, 0.5) is 8.78 Å². The van der Waals surface area contributed by atoms with Gasteiger partial charge in [0.2, 0.25) is 0 Å². The number of benzene rings is 2. The van der Waals surface area contributed by atoms with E-state index in [-0.39, 0.29) is 12.4 Å². The number of rotatable bonds is 4. The van der Waals surface area contributed by atoms with Crippen LogP contribution in [0.25, 0.3) is 0 Å². The maximum Gasteiger partial charge on any atom is 0.497 e. The summed E-state index contributed by atoms with van der Waals surface area (Å²) < 4.78 is 45.5. The lowest BCUT2D eigenvalue weighted by molar-refractivity contribution is 0.00578. The van der Waals surface area contributed by atoms with E-state index in [1.54, 1.807) is 12.1 Å². The smallest absolute Gasteiger partial charge is 0.489 e. The summed E-state index contributed by atoms with van der Waals surface area (Å²) in [5, 5.41) is 0.410. The molecule has 0 amide bonds. The third kappa shape index (κ3) is 3.73. The Morgan fingerprint density at radius 2 is 1.62 bits per heavy atom. The molecule has 1 aliphatic rings. The second-order valence-electron chi connectivity index (χ2n) is 7.30. The second-order valence-corrected chi connectivity index (χ2v) is 7.73. The Hall–Kier alpha value is -1.63. The van der Waals surface area contributed by atoms with Gasteiger partial charge in [0.25, 0.3) is 0 Å². The number of hydrogen-bond donors (Lipinski definition) is 0. The summed E-state index contributed by atoms with van der Waals surface area (Å²) in [6.07, 6.45) is 0. The molecule has 7 heteroatoms.